The Hall–Kier alpha value is -0.990. The summed E-state index contributed by atoms with van der Waals surface area (Å²) in [6, 6.07) is 8.72. The van der Waals surface area contributed by atoms with Crippen LogP contribution in [0.25, 0.3) is 10.9 Å². The van der Waals surface area contributed by atoms with Gasteiger partial charge in [0.05, 0.1) is 0 Å². The van der Waals surface area contributed by atoms with Gasteiger partial charge in [-0.3, -0.25) is 0 Å². The summed E-state index contributed by atoms with van der Waals surface area (Å²) < 4.78 is 2.17. The predicted molar refractivity (Wildman–Crippen MR) is 69.8 cm³/mol. The highest BCUT2D eigenvalue weighted by atomic mass is 35.5. The maximum absolute atomic E-state index is 6.27. The molecule has 2 aromatic rings. The summed E-state index contributed by atoms with van der Waals surface area (Å²) in [4.78, 5) is 0. The summed E-state index contributed by atoms with van der Waals surface area (Å²) in [5, 5.41) is 1.32. The van der Waals surface area contributed by atoms with E-state index in [9.17, 15) is 0 Å². The van der Waals surface area contributed by atoms with E-state index in [1.165, 1.54) is 29.3 Å². The van der Waals surface area contributed by atoms with Gasteiger partial charge in [-0.25, -0.2) is 0 Å². The fourth-order valence-corrected chi connectivity index (χ4v) is 2.35. The van der Waals surface area contributed by atoms with Gasteiger partial charge in [-0.05, 0) is 30.4 Å². The van der Waals surface area contributed by atoms with Crippen molar-refractivity contribution in [1.29, 1.82) is 0 Å². The number of nitrogens with zero attached hydrogens (tertiary/aromatic N) is 1. The molecule has 0 saturated heterocycles. The van der Waals surface area contributed by atoms with Gasteiger partial charge >= 0.3 is 0 Å². The zero-order chi connectivity index (χ0) is 10.4. The molecule has 1 atom stereocenters. The van der Waals surface area contributed by atoms with Crippen molar-refractivity contribution >= 4 is 23.3 Å². The first kappa shape index (κ1) is 11.5. The summed E-state index contributed by atoms with van der Waals surface area (Å²) in [5.74, 6) is 0.718. The number of rotatable bonds is 2. The highest BCUT2D eigenvalue weighted by Gasteiger charge is 2.31. The third kappa shape index (κ3) is 1.72. The number of aromatic nitrogens is 1. The number of halogens is 1. The average Bonchev–Trinajstić information content (AvgIpc) is 3.04. The van der Waals surface area contributed by atoms with Gasteiger partial charge in [-0.2, -0.15) is 0 Å². The van der Waals surface area contributed by atoms with E-state index in [1.807, 2.05) is 0 Å². The van der Waals surface area contributed by atoms with Crippen molar-refractivity contribution in [2.45, 2.75) is 18.9 Å². The first-order chi connectivity index (χ1) is 7.27. The maximum atomic E-state index is 6.27. The molecule has 0 spiro atoms. The molecule has 0 aliphatic heterocycles. The fourth-order valence-electron chi connectivity index (χ4n) is 2.35. The van der Waals surface area contributed by atoms with Crippen LogP contribution in [-0.2, 0) is 7.05 Å². The van der Waals surface area contributed by atoms with Crippen LogP contribution in [0.3, 0.4) is 0 Å². The second-order valence-corrected chi connectivity index (χ2v) is 4.58. The van der Waals surface area contributed by atoms with E-state index in [-0.39, 0.29) is 18.4 Å². The highest BCUT2D eigenvalue weighted by Crippen LogP contribution is 2.41. The lowest BCUT2D eigenvalue weighted by Gasteiger charge is -2.08. The van der Waals surface area contributed by atoms with Gasteiger partial charge in [-0.15, -0.1) is 12.4 Å². The van der Waals surface area contributed by atoms with Gasteiger partial charge in [0, 0.05) is 30.2 Å². The lowest BCUT2D eigenvalue weighted by Crippen LogP contribution is -2.11. The van der Waals surface area contributed by atoms with Crippen molar-refractivity contribution in [2.75, 3.05) is 0 Å². The summed E-state index contributed by atoms with van der Waals surface area (Å²) in [5.41, 5.74) is 8.86. The summed E-state index contributed by atoms with van der Waals surface area (Å²) >= 11 is 0. The van der Waals surface area contributed by atoms with Crippen LogP contribution in [-0.4, -0.2) is 4.57 Å². The van der Waals surface area contributed by atoms with Crippen molar-refractivity contribution in [3.8, 4) is 0 Å². The molecule has 1 aliphatic rings. The lowest BCUT2D eigenvalue weighted by atomic mass is 10.0. The second-order valence-electron chi connectivity index (χ2n) is 4.58. The van der Waals surface area contributed by atoms with Crippen molar-refractivity contribution in [3.63, 3.8) is 0 Å². The quantitative estimate of drug-likeness (QED) is 0.854. The van der Waals surface area contributed by atoms with Gasteiger partial charge < -0.3 is 10.3 Å². The largest absolute Gasteiger partial charge is 0.350 e. The van der Waals surface area contributed by atoms with Crippen LogP contribution in [0.2, 0.25) is 0 Å². The molecule has 0 amide bonds. The van der Waals surface area contributed by atoms with E-state index in [0.29, 0.717) is 0 Å². The molecule has 2 N–H and O–H groups in total. The third-order valence-electron chi connectivity index (χ3n) is 3.42. The number of fused-ring (bicyclic) bond motifs is 1. The van der Waals surface area contributed by atoms with E-state index in [0.717, 1.165) is 5.92 Å². The Bertz CT molecular complexity index is 500. The van der Waals surface area contributed by atoms with Gasteiger partial charge in [0.25, 0.3) is 0 Å². The normalized spacial score (nSPS) is 17.1. The van der Waals surface area contributed by atoms with Gasteiger partial charge in [0.1, 0.15) is 0 Å². The standard InChI is InChI=1S/C13H16N2.ClH/c1-15-8-11(13(14)9-6-7-9)10-4-2-3-5-12(10)15;/h2-5,8-9,13H,6-7,14H2,1H3;1H/t13-;/m0./s1. The number of para-hydroxylation sites is 1. The molecule has 1 heterocycles. The van der Waals surface area contributed by atoms with Crippen LogP contribution in [0.5, 0.6) is 0 Å². The molecular weight excluding hydrogens is 220 g/mol. The van der Waals surface area contributed by atoms with Gasteiger partial charge in [-0.1, -0.05) is 18.2 Å². The molecule has 1 fully saturated rings. The minimum atomic E-state index is 0. The first-order valence-electron chi connectivity index (χ1n) is 5.57. The number of nitrogens with two attached hydrogens (primary N) is 1. The summed E-state index contributed by atoms with van der Waals surface area (Å²) in [6.45, 7) is 0. The summed E-state index contributed by atoms with van der Waals surface area (Å²) in [7, 11) is 2.09. The van der Waals surface area contributed by atoms with Crippen LogP contribution in [0.4, 0.5) is 0 Å². The molecule has 0 radical (unpaired) electrons. The minimum Gasteiger partial charge on any atom is -0.350 e. The molecule has 0 unspecified atom stereocenters. The Morgan fingerprint density at radius 1 is 1.31 bits per heavy atom. The van der Waals surface area contributed by atoms with Gasteiger partial charge in [0.15, 0.2) is 0 Å². The molecule has 3 heteroatoms. The van der Waals surface area contributed by atoms with E-state index < -0.39 is 0 Å². The lowest BCUT2D eigenvalue weighted by molar-refractivity contribution is 0.636. The Morgan fingerprint density at radius 2 is 2.00 bits per heavy atom. The van der Waals surface area contributed by atoms with Crippen LogP contribution in [0.1, 0.15) is 24.4 Å². The molecule has 16 heavy (non-hydrogen) atoms. The van der Waals surface area contributed by atoms with Crippen molar-refractivity contribution in [3.05, 3.63) is 36.0 Å². The van der Waals surface area contributed by atoms with Crippen molar-refractivity contribution in [2.24, 2.45) is 18.7 Å². The molecule has 1 saturated carbocycles. The predicted octanol–water partition coefficient (Wildman–Crippen LogP) is 3.01. The average molecular weight is 237 g/mol. The molecule has 0 bridgehead atoms. The third-order valence-corrected chi connectivity index (χ3v) is 3.42. The Balaban J connectivity index is 0.000000963. The van der Waals surface area contributed by atoms with Crippen molar-refractivity contribution < 1.29 is 0 Å². The van der Waals surface area contributed by atoms with E-state index in [1.54, 1.807) is 0 Å². The Morgan fingerprint density at radius 3 is 2.69 bits per heavy atom. The molecule has 1 aromatic heterocycles. The number of hydrogen-bond donors (Lipinski definition) is 1. The van der Waals surface area contributed by atoms with Crippen LogP contribution in [0, 0.1) is 5.92 Å². The van der Waals surface area contributed by atoms with Gasteiger partial charge in [0.2, 0.25) is 0 Å². The molecule has 2 nitrogen and oxygen atoms in total. The minimum absolute atomic E-state index is 0. The van der Waals surface area contributed by atoms with Crippen molar-refractivity contribution in [1.82, 2.24) is 4.57 Å². The molecule has 86 valence electrons. The molecule has 1 aliphatic carbocycles. The molecule has 3 rings (SSSR count). The molecular formula is C13H17ClN2. The first-order valence-corrected chi connectivity index (χ1v) is 5.57. The smallest absolute Gasteiger partial charge is 0.0481 e. The van der Waals surface area contributed by atoms with E-state index in [2.05, 4.69) is 42.1 Å². The van der Waals surface area contributed by atoms with E-state index >= 15 is 0 Å². The number of benzene rings is 1. The number of aryl methyl sites for hydroxylation is 1. The van der Waals surface area contributed by atoms with Crippen LogP contribution in [0.15, 0.2) is 30.5 Å². The monoisotopic (exact) mass is 236 g/mol. The SMILES string of the molecule is Cl.Cn1cc([C@@H](N)C2CC2)c2ccccc21. The fraction of sp³-hybridized carbons (Fsp3) is 0.385. The second kappa shape index (κ2) is 4.11. The zero-order valence-corrected chi connectivity index (χ0v) is 10.2. The van der Waals surface area contributed by atoms with Crippen LogP contribution < -0.4 is 5.73 Å². The van der Waals surface area contributed by atoms with Crippen LogP contribution >= 0.6 is 12.4 Å². The Kier molecular flexibility index (Phi) is 2.96. The molecule has 1 aromatic carbocycles. The topological polar surface area (TPSA) is 30.9 Å². The highest BCUT2D eigenvalue weighted by molar-refractivity contribution is 5.85. The summed E-state index contributed by atoms with van der Waals surface area (Å²) in [6.07, 6.45) is 4.78. The zero-order valence-electron chi connectivity index (χ0n) is 9.39. The number of hydrogen-bond acceptors (Lipinski definition) is 1. The van der Waals surface area contributed by atoms with E-state index in [4.69, 9.17) is 5.73 Å². The Labute approximate surface area is 102 Å². The maximum Gasteiger partial charge on any atom is 0.0481 e.